The van der Waals surface area contributed by atoms with Crippen molar-refractivity contribution in [3.05, 3.63) is 21.4 Å². The zero-order valence-electron chi connectivity index (χ0n) is 9.29. The predicted octanol–water partition coefficient (Wildman–Crippen LogP) is 0.266. The third-order valence-electron chi connectivity index (χ3n) is 1.43. The van der Waals surface area contributed by atoms with Gasteiger partial charge in [-0.1, -0.05) is 0 Å². The maximum absolute atomic E-state index is 9.55. The van der Waals surface area contributed by atoms with Gasteiger partial charge >= 0.3 is 11.9 Å². The van der Waals surface area contributed by atoms with Gasteiger partial charge in [-0.3, -0.25) is 0 Å². The van der Waals surface area contributed by atoms with Gasteiger partial charge in [0.1, 0.15) is 5.82 Å². The van der Waals surface area contributed by atoms with Crippen molar-refractivity contribution >= 4 is 46.3 Å². The lowest BCUT2D eigenvalue weighted by molar-refractivity contribution is -0.134. The van der Waals surface area contributed by atoms with Gasteiger partial charge in [0.2, 0.25) is 5.95 Å². The van der Waals surface area contributed by atoms with Crippen LogP contribution >= 0.6 is 22.6 Å². The number of hydrogen-bond donors (Lipinski definition) is 4. The number of anilines is 2. The summed E-state index contributed by atoms with van der Waals surface area (Å²) in [5.41, 5.74) is 11.6. The first-order valence-electron chi connectivity index (χ1n) is 4.43. The van der Waals surface area contributed by atoms with E-state index in [0.717, 1.165) is 9.26 Å². The van der Waals surface area contributed by atoms with Gasteiger partial charge in [0.15, 0.2) is 0 Å². The normalized spacial score (nSPS) is 9.67. The Morgan fingerprint density at radius 3 is 1.94 bits per heavy atom. The van der Waals surface area contributed by atoms with E-state index in [1.54, 1.807) is 0 Å². The second kappa shape index (κ2) is 7.42. The van der Waals surface area contributed by atoms with Crippen LogP contribution in [0.25, 0.3) is 0 Å². The monoisotopic (exact) mass is 366 g/mol. The minimum atomic E-state index is -1.26. The molecule has 9 heteroatoms. The molecule has 6 N–H and O–H groups in total. The molecule has 0 saturated heterocycles. The summed E-state index contributed by atoms with van der Waals surface area (Å²) in [6.45, 7) is 1.84. The second-order valence-corrected chi connectivity index (χ2v) is 3.95. The van der Waals surface area contributed by atoms with E-state index >= 15 is 0 Å². The standard InChI is InChI=1S/C5H7IN4.C4H4O4/c1-2-3(6)4(7)10-5(8)9-2;5-3(6)1-2-4(7)8/h1H3,(H4,7,8,9,10);1-2H,(H,5,6)(H,7,8)/b;2-1+. The number of carboxylic acid groups (broad SMARTS) is 2. The highest BCUT2D eigenvalue weighted by atomic mass is 127. The fourth-order valence-corrected chi connectivity index (χ4v) is 0.988. The molecule has 0 unspecified atom stereocenters. The van der Waals surface area contributed by atoms with E-state index in [2.05, 4.69) is 32.6 Å². The zero-order chi connectivity index (χ0) is 14.3. The van der Waals surface area contributed by atoms with E-state index in [0.29, 0.717) is 18.0 Å². The van der Waals surface area contributed by atoms with Gasteiger partial charge in [-0.2, -0.15) is 4.98 Å². The fourth-order valence-electron chi connectivity index (χ4n) is 0.746. The molecule has 8 nitrogen and oxygen atoms in total. The molecule has 0 aromatic carbocycles. The van der Waals surface area contributed by atoms with Crippen molar-refractivity contribution in [3.63, 3.8) is 0 Å². The molecule has 1 aromatic heterocycles. The molecule has 18 heavy (non-hydrogen) atoms. The molecule has 0 radical (unpaired) electrons. The summed E-state index contributed by atoms with van der Waals surface area (Å²) in [4.78, 5) is 26.8. The van der Waals surface area contributed by atoms with Crippen LogP contribution in [0.5, 0.6) is 0 Å². The third kappa shape index (κ3) is 6.62. The number of rotatable bonds is 2. The van der Waals surface area contributed by atoms with Crippen LogP contribution in [0.3, 0.4) is 0 Å². The molecule has 0 aliphatic heterocycles. The Morgan fingerprint density at radius 2 is 1.61 bits per heavy atom. The Hall–Kier alpha value is -1.91. The summed E-state index contributed by atoms with van der Waals surface area (Å²) in [5.74, 6) is -1.83. The number of hydrogen-bond acceptors (Lipinski definition) is 6. The minimum absolute atomic E-state index is 0.232. The van der Waals surface area contributed by atoms with Crippen LogP contribution in [0.4, 0.5) is 11.8 Å². The highest BCUT2D eigenvalue weighted by molar-refractivity contribution is 14.1. The van der Waals surface area contributed by atoms with E-state index in [1.165, 1.54) is 0 Å². The Morgan fingerprint density at radius 1 is 1.17 bits per heavy atom. The van der Waals surface area contributed by atoms with Gasteiger partial charge in [-0.15, -0.1) is 0 Å². The number of carbonyl (C=O) groups is 2. The Bertz CT molecular complexity index is 450. The van der Waals surface area contributed by atoms with Crippen LogP contribution < -0.4 is 11.5 Å². The zero-order valence-corrected chi connectivity index (χ0v) is 11.5. The number of nitrogens with zero attached hydrogens (tertiary/aromatic N) is 2. The van der Waals surface area contributed by atoms with E-state index < -0.39 is 11.9 Å². The van der Waals surface area contributed by atoms with Crippen LogP contribution in [-0.2, 0) is 9.59 Å². The van der Waals surface area contributed by atoms with Crippen molar-refractivity contribution in [2.24, 2.45) is 0 Å². The SMILES string of the molecule is Cc1nc(N)nc(N)c1I.O=C(O)/C=C/C(=O)O. The lowest BCUT2D eigenvalue weighted by atomic mass is 10.4. The number of carboxylic acids is 2. The lowest BCUT2D eigenvalue weighted by Crippen LogP contribution is -2.03. The third-order valence-corrected chi connectivity index (χ3v) is 2.76. The molecule has 0 fully saturated rings. The molecule has 0 spiro atoms. The van der Waals surface area contributed by atoms with E-state index in [-0.39, 0.29) is 5.95 Å². The van der Waals surface area contributed by atoms with Gasteiger partial charge in [0.05, 0.1) is 9.26 Å². The number of halogens is 1. The first kappa shape index (κ1) is 16.1. The van der Waals surface area contributed by atoms with Crippen LogP contribution in [-0.4, -0.2) is 32.1 Å². The molecule has 0 amide bonds. The number of aromatic nitrogens is 2. The van der Waals surface area contributed by atoms with E-state index in [4.69, 9.17) is 21.7 Å². The smallest absolute Gasteiger partial charge is 0.328 e. The van der Waals surface area contributed by atoms with Crippen molar-refractivity contribution in [1.82, 2.24) is 9.97 Å². The molecule has 1 rings (SSSR count). The number of aliphatic carboxylic acids is 2. The first-order valence-corrected chi connectivity index (χ1v) is 5.51. The predicted molar refractivity (Wildman–Crippen MR) is 72.7 cm³/mol. The largest absolute Gasteiger partial charge is 0.478 e. The van der Waals surface area contributed by atoms with Crippen molar-refractivity contribution in [2.45, 2.75) is 6.92 Å². The molecule has 1 heterocycles. The number of aryl methyl sites for hydroxylation is 1. The Balaban J connectivity index is 0.000000331. The summed E-state index contributed by atoms with van der Waals surface area (Å²) in [7, 11) is 0. The highest BCUT2D eigenvalue weighted by Crippen LogP contribution is 2.15. The van der Waals surface area contributed by atoms with Crippen LogP contribution in [0.15, 0.2) is 12.2 Å². The van der Waals surface area contributed by atoms with Gasteiger partial charge in [0, 0.05) is 12.2 Å². The maximum Gasteiger partial charge on any atom is 0.328 e. The second-order valence-electron chi connectivity index (χ2n) is 2.88. The number of nitrogen functional groups attached to an aromatic ring is 2. The van der Waals surface area contributed by atoms with Crippen molar-refractivity contribution in [3.8, 4) is 0 Å². The van der Waals surface area contributed by atoms with Gasteiger partial charge in [-0.05, 0) is 29.5 Å². The van der Waals surface area contributed by atoms with Crippen LogP contribution in [0.2, 0.25) is 0 Å². The molecule has 1 aromatic rings. The Kier molecular flexibility index (Phi) is 6.63. The molecule has 0 atom stereocenters. The molecule has 0 aliphatic carbocycles. The van der Waals surface area contributed by atoms with Crippen LogP contribution in [0, 0.1) is 10.5 Å². The molecule has 0 bridgehead atoms. The fraction of sp³-hybridized carbons (Fsp3) is 0.111. The molecule has 98 valence electrons. The van der Waals surface area contributed by atoms with Gasteiger partial charge in [-0.25, -0.2) is 14.6 Å². The summed E-state index contributed by atoms with van der Waals surface area (Å²) in [5, 5.41) is 15.6. The summed E-state index contributed by atoms with van der Waals surface area (Å²) in [6, 6.07) is 0. The topological polar surface area (TPSA) is 152 Å². The first-order chi connectivity index (χ1) is 8.23. The molecular weight excluding hydrogens is 355 g/mol. The summed E-state index contributed by atoms with van der Waals surface area (Å²) in [6.07, 6.45) is 1.12. The number of nitrogens with two attached hydrogens (primary N) is 2. The van der Waals surface area contributed by atoms with Crippen molar-refractivity contribution < 1.29 is 19.8 Å². The van der Waals surface area contributed by atoms with Gasteiger partial charge < -0.3 is 21.7 Å². The summed E-state index contributed by atoms with van der Waals surface area (Å²) >= 11 is 2.08. The molecular formula is C9H11IN4O4. The summed E-state index contributed by atoms with van der Waals surface area (Å²) < 4.78 is 0.867. The van der Waals surface area contributed by atoms with E-state index in [1.807, 2.05) is 6.92 Å². The maximum atomic E-state index is 9.55. The molecule has 0 aliphatic rings. The Labute approximate surface area is 116 Å². The quantitative estimate of drug-likeness (QED) is 0.430. The van der Waals surface area contributed by atoms with E-state index in [9.17, 15) is 9.59 Å². The lowest BCUT2D eigenvalue weighted by Gasteiger charge is -2.00. The van der Waals surface area contributed by atoms with Crippen molar-refractivity contribution in [1.29, 1.82) is 0 Å². The minimum Gasteiger partial charge on any atom is -0.478 e. The van der Waals surface area contributed by atoms with Crippen molar-refractivity contribution in [2.75, 3.05) is 11.5 Å². The molecule has 0 saturated carbocycles. The highest BCUT2D eigenvalue weighted by Gasteiger charge is 2.02. The average molecular weight is 366 g/mol. The average Bonchev–Trinajstić information content (AvgIpc) is 2.24. The van der Waals surface area contributed by atoms with Crippen LogP contribution in [0.1, 0.15) is 5.69 Å². The van der Waals surface area contributed by atoms with Gasteiger partial charge in [0.25, 0.3) is 0 Å².